The zero-order valence-corrected chi connectivity index (χ0v) is 20.8. The van der Waals surface area contributed by atoms with Gasteiger partial charge in [0.2, 0.25) is 18.5 Å². The van der Waals surface area contributed by atoms with Crippen LogP contribution < -0.4 is 14.4 Å². The van der Waals surface area contributed by atoms with Gasteiger partial charge >= 0.3 is 7.82 Å². The highest BCUT2D eigenvalue weighted by molar-refractivity contribution is 7.49. The first kappa shape index (κ1) is 24.8. The van der Waals surface area contributed by atoms with Gasteiger partial charge in [0.25, 0.3) is 0 Å². The van der Waals surface area contributed by atoms with E-state index >= 15 is 0 Å². The van der Waals surface area contributed by atoms with Gasteiger partial charge in [-0.1, -0.05) is 36.4 Å². The molecule has 12 heteroatoms. The van der Waals surface area contributed by atoms with Crippen molar-refractivity contribution in [2.24, 2.45) is 17.8 Å². The largest absolute Gasteiger partial charge is 0.646 e. The van der Waals surface area contributed by atoms with Gasteiger partial charge < -0.3 is 43.7 Å². The first-order valence-electron chi connectivity index (χ1n) is 12.2. The van der Waals surface area contributed by atoms with E-state index in [0.29, 0.717) is 0 Å². The van der Waals surface area contributed by atoms with Gasteiger partial charge in [-0.3, -0.25) is 4.79 Å². The Kier molecular flexibility index (Phi) is 6.31. The summed E-state index contributed by atoms with van der Waals surface area (Å²) in [5, 5.41) is 33.9. The van der Waals surface area contributed by atoms with Gasteiger partial charge in [0, 0.05) is 5.92 Å². The molecule has 1 saturated carbocycles. The number of benzene rings is 2. The van der Waals surface area contributed by atoms with Crippen LogP contribution in [-0.2, 0) is 23.4 Å². The average Bonchev–Trinajstić information content (AvgIpc) is 3.38. The van der Waals surface area contributed by atoms with E-state index in [1.54, 1.807) is 66.7 Å². The molecular weight excluding hydrogens is 517 g/mol. The van der Waals surface area contributed by atoms with Crippen LogP contribution in [0.5, 0.6) is 11.5 Å². The van der Waals surface area contributed by atoms with Gasteiger partial charge in [0.15, 0.2) is 11.5 Å². The summed E-state index contributed by atoms with van der Waals surface area (Å²) in [4.78, 5) is 13.4. The Morgan fingerprint density at radius 3 is 2.13 bits per heavy atom. The molecule has 6 rings (SSSR count). The Labute approximate surface area is 217 Å². The highest BCUT2D eigenvalue weighted by atomic mass is 31.2. The van der Waals surface area contributed by atoms with Gasteiger partial charge in [-0.2, -0.15) is 4.57 Å². The summed E-state index contributed by atoms with van der Waals surface area (Å²) in [5.74, 6) is -2.05. The molecule has 1 amide bonds. The third kappa shape index (κ3) is 4.41. The van der Waals surface area contributed by atoms with Crippen molar-refractivity contribution in [1.29, 1.82) is 0 Å². The Bertz CT molecular complexity index is 1270. The second-order valence-electron chi connectivity index (χ2n) is 9.52. The number of fused-ring (bicyclic) bond motifs is 4. The summed E-state index contributed by atoms with van der Waals surface area (Å²) in [6.45, 7) is -0.156. The highest BCUT2D eigenvalue weighted by Crippen LogP contribution is 2.56. The number of phosphoric ester groups is 1. The number of allylic oxidation sites excluding steroid dienone is 1. The number of hydrogen-bond donors (Lipinski definition) is 4. The molecule has 2 aliphatic heterocycles. The Morgan fingerprint density at radius 1 is 0.868 bits per heavy atom. The lowest BCUT2D eigenvalue weighted by Gasteiger charge is -2.49. The van der Waals surface area contributed by atoms with Gasteiger partial charge in [-0.05, 0) is 42.7 Å². The van der Waals surface area contributed by atoms with E-state index < -0.39 is 55.8 Å². The molecule has 4 aliphatic rings. The maximum Gasteiger partial charge on any atom is 0.646 e. The van der Waals surface area contributed by atoms with Crippen LogP contribution >= 0.6 is 7.82 Å². The standard InChI is InChI=1S/C26H26NO10P/c28-18-11-17-16-12-19-24(34-13-33-19)25(20(16)26(31)27-21(17)23(30)22(18)29)37-38(32,35-14-7-3-1-4-8-14)36-15-9-5-2-6-10-15/h1-10,12,16-18,20-23,28-30H,11,13H2,(H,27,31)/t16-,17?,18-,20?,21+,22+,23-/m0/s1. The third-order valence-corrected chi connectivity index (χ3v) is 8.47. The third-order valence-electron chi connectivity index (χ3n) is 7.18. The quantitative estimate of drug-likeness (QED) is 0.399. The van der Waals surface area contributed by atoms with Crippen LogP contribution in [0, 0.1) is 17.8 Å². The van der Waals surface area contributed by atoms with Crippen LogP contribution in [0.15, 0.2) is 84.0 Å². The molecule has 200 valence electrons. The van der Waals surface area contributed by atoms with E-state index in [2.05, 4.69) is 5.32 Å². The number of hydrogen-bond acceptors (Lipinski definition) is 10. The molecule has 7 atom stereocenters. The molecule has 2 heterocycles. The lowest BCUT2D eigenvalue weighted by atomic mass is 9.64. The minimum atomic E-state index is -4.48. The topological polar surface area (TPSA) is 153 Å². The van der Waals surface area contributed by atoms with Crippen molar-refractivity contribution in [2.75, 3.05) is 6.79 Å². The highest BCUT2D eigenvalue weighted by Gasteiger charge is 2.57. The Hall–Kier alpha value is -3.50. The number of aliphatic hydroxyl groups excluding tert-OH is 3. The van der Waals surface area contributed by atoms with Crippen LogP contribution in [0.2, 0.25) is 0 Å². The summed E-state index contributed by atoms with van der Waals surface area (Å²) in [6.07, 6.45) is -2.21. The number of carbonyl (C=O) groups is 1. The molecule has 2 saturated heterocycles. The smallest absolute Gasteiger partial charge is 0.454 e. The fraction of sp³-hybridized carbons (Fsp3) is 0.346. The number of para-hydroxylation sites is 2. The molecule has 0 radical (unpaired) electrons. The Balaban J connectivity index is 1.39. The maximum absolute atomic E-state index is 14.2. The summed E-state index contributed by atoms with van der Waals surface area (Å²) in [7, 11) is -4.48. The fourth-order valence-electron chi connectivity index (χ4n) is 5.45. The normalized spacial score (nSPS) is 31.9. The molecule has 4 N–H and O–H groups in total. The minimum absolute atomic E-state index is 0.0883. The van der Waals surface area contributed by atoms with E-state index in [-0.39, 0.29) is 42.0 Å². The second kappa shape index (κ2) is 9.67. The number of rotatable bonds is 6. The average molecular weight is 543 g/mol. The molecule has 2 unspecified atom stereocenters. The molecule has 0 spiro atoms. The van der Waals surface area contributed by atoms with Crippen molar-refractivity contribution in [3.63, 3.8) is 0 Å². The summed E-state index contributed by atoms with van der Waals surface area (Å²) < 4.78 is 42.9. The van der Waals surface area contributed by atoms with E-state index in [0.717, 1.165) is 0 Å². The van der Waals surface area contributed by atoms with E-state index in [9.17, 15) is 24.7 Å². The zero-order chi connectivity index (χ0) is 26.4. The number of phosphoric acid groups is 1. The van der Waals surface area contributed by atoms with Crippen molar-refractivity contribution >= 4 is 13.7 Å². The van der Waals surface area contributed by atoms with E-state index in [1.165, 1.54) is 0 Å². The summed E-state index contributed by atoms with van der Waals surface area (Å²) in [6, 6.07) is 15.8. The van der Waals surface area contributed by atoms with Crippen LogP contribution in [0.25, 0.3) is 0 Å². The van der Waals surface area contributed by atoms with Gasteiger partial charge in [-0.25, -0.2) is 0 Å². The number of nitrogens with one attached hydrogen (secondary N) is 1. The van der Waals surface area contributed by atoms with E-state index in [4.69, 9.17) is 23.0 Å². The van der Waals surface area contributed by atoms with Crippen molar-refractivity contribution in [3.05, 3.63) is 84.0 Å². The first-order valence-corrected chi connectivity index (χ1v) is 13.6. The predicted molar refractivity (Wildman–Crippen MR) is 130 cm³/mol. The molecule has 0 bridgehead atoms. The van der Waals surface area contributed by atoms with Crippen LogP contribution in [0.4, 0.5) is 0 Å². The molecular formula is C26H26NO10P. The van der Waals surface area contributed by atoms with Crippen LogP contribution in [0.1, 0.15) is 6.42 Å². The maximum atomic E-state index is 14.2. The molecule has 38 heavy (non-hydrogen) atoms. The SMILES string of the molecule is O=C1N[C@@H]2C(C[C@H](O)[C@@H](O)[C@H]2O)[C@@H]2C=C3OCOC3=C(OP(=O)(Oc3ccccc3)Oc3ccccc3)C12. The van der Waals surface area contributed by atoms with Crippen molar-refractivity contribution in [3.8, 4) is 11.5 Å². The molecule has 3 fully saturated rings. The predicted octanol–water partition coefficient (Wildman–Crippen LogP) is 2.22. The lowest BCUT2D eigenvalue weighted by Crippen LogP contribution is -2.66. The molecule has 0 aromatic heterocycles. The monoisotopic (exact) mass is 543 g/mol. The lowest BCUT2D eigenvalue weighted by molar-refractivity contribution is -0.153. The molecule has 2 aromatic carbocycles. The number of amides is 1. The number of ether oxygens (including phenoxy) is 2. The summed E-state index contributed by atoms with van der Waals surface area (Å²) >= 11 is 0. The molecule has 2 aliphatic carbocycles. The Morgan fingerprint density at radius 2 is 1.50 bits per heavy atom. The van der Waals surface area contributed by atoms with Gasteiger partial charge in [0.05, 0.1) is 12.1 Å². The minimum Gasteiger partial charge on any atom is -0.454 e. The number of carbonyl (C=O) groups excluding carboxylic acids is 1. The van der Waals surface area contributed by atoms with Crippen LogP contribution in [0.3, 0.4) is 0 Å². The molecule has 2 aromatic rings. The zero-order valence-electron chi connectivity index (χ0n) is 20.0. The first-order chi connectivity index (χ1) is 18.3. The van der Waals surface area contributed by atoms with Crippen molar-refractivity contribution in [2.45, 2.75) is 30.8 Å². The fourth-order valence-corrected chi connectivity index (χ4v) is 6.76. The second-order valence-corrected chi connectivity index (χ2v) is 11.0. The van der Waals surface area contributed by atoms with Gasteiger partial charge in [-0.15, -0.1) is 0 Å². The van der Waals surface area contributed by atoms with Crippen molar-refractivity contribution in [1.82, 2.24) is 5.32 Å². The number of aliphatic hydroxyl groups is 3. The number of piperidine rings is 1. The van der Waals surface area contributed by atoms with Crippen LogP contribution in [-0.4, -0.2) is 52.4 Å². The van der Waals surface area contributed by atoms with Gasteiger partial charge in [0.1, 0.15) is 29.6 Å². The molecule has 11 nitrogen and oxygen atoms in total. The summed E-state index contributed by atoms with van der Waals surface area (Å²) in [5.41, 5.74) is 0. The van der Waals surface area contributed by atoms with E-state index in [1.807, 2.05) is 0 Å². The van der Waals surface area contributed by atoms with Crippen molar-refractivity contribution < 1.29 is 47.7 Å².